The largest absolute Gasteiger partial charge is 0.493 e. The van der Waals surface area contributed by atoms with Gasteiger partial charge >= 0.3 is 5.97 Å². The standard InChI is InChI=1S/C16H22O3S/c1-5-20-14(10-15(17)18)12-6-8-13(9-7-12)19-11-16(2,3)4/h6-9,14H,10-11H2,1-4H3,(H,17,18). The molecule has 1 N–H and O–H groups in total. The molecule has 0 fully saturated rings. The number of rotatable bonds is 5. The number of carbonyl (C=O) groups is 1. The number of hydrogen-bond acceptors (Lipinski definition) is 2. The SMILES string of the molecule is CC#SC(CC(=O)O)c1ccc(OCC(C)(C)C)cc1. The van der Waals surface area contributed by atoms with E-state index in [4.69, 9.17) is 9.84 Å². The molecule has 0 aliphatic rings. The molecule has 1 atom stereocenters. The van der Waals surface area contributed by atoms with E-state index in [9.17, 15) is 4.79 Å². The molecule has 0 aliphatic heterocycles. The Balaban J connectivity index is 2.77. The van der Waals surface area contributed by atoms with Gasteiger partial charge in [0.15, 0.2) is 0 Å². The third-order valence-electron chi connectivity index (χ3n) is 2.54. The van der Waals surface area contributed by atoms with Gasteiger partial charge in [-0.25, -0.2) is 0 Å². The molecule has 20 heavy (non-hydrogen) atoms. The summed E-state index contributed by atoms with van der Waals surface area (Å²) < 4.78 is 5.71. The average molecular weight is 294 g/mol. The smallest absolute Gasteiger partial charge is 0.305 e. The fraction of sp³-hybridized carbons (Fsp3) is 0.500. The fourth-order valence-electron chi connectivity index (χ4n) is 1.61. The third-order valence-corrected chi connectivity index (χ3v) is 3.50. The molecule has 4 heteroatoms. The summed E-state index contributed by atoms with van der Waals surface area (Å²) in [6, 6.07) is 7.64. The number of ether oxygens (including phenoxy) is 1. The third kappa shape index (κ3) is 6.09. The Hall–Kier alpha value is -1.51. The number of hydrogen-bond donors (Lipinski definition) is 1. The van der Waals surface area contributed by atoms with Gasteiger partial charge in [0.1, 0.15) is 5.75 Å². The molecule has 3 nitrogen and oxygen atoms in total. The Morgan fingerprint density at radius 1 is 1.35 bits per heavy atom. The zero-order valence-electron chi connectivity index (χ0n) is 12.5. The molecule has 1 unspecified atom stereocenters. The maximum absolute atomic E-state index is 10.9. The van der Waals surface area contributed by atoms with Crippen LogP contribution in [0, 0.1) is 10.6 Å². The highest BCUT2D eigenvalue weighted by Crippen LogP contribution is 2.28. The van der Waals surface area contributed by atoms with E-state index in [0.29, 0.717) is 6.61 Å². The number of carboxylic acids is 1. The molecule has 0 bridgehead atoms. The van der Waals surface area contributed by atoms with E-state index in [2.05, 4.69) is 26.0 Å². The van der Waals surface area contributed by atoms with E-state index >= 15 is 0 Å². The minimum atomic E-state index is -0.800. The molecule has 0 amide bonds. The van der Waals surface area contributed by atoms with E-state index in [1.54, 1.807) is 6.92 Å². The van der Waals surface area contributed by atoms with Gasteiger partial charge in [0, 0.05) is 0 Å². The molecule has 0 saturated carbocycles. The summed E-state index contributed by atoms with van der Waals surface area (Å²) in [6.07, 6.45) is 0.0910. The summed E-state index contributed by atoms with van der Waals surface area (Å²) in [6.45, 7) is 8.80. The van der Waals surface area contributed by atoms with Gasteiger partial charge in [-0.2, -0.15) is 0 Å². The molecule has 0 spiro atoms. The molecule has 0 heterocycles. The van der Waals surface area contributed by atoms with Crippen LogP contribution in [-0.2, 0) is 4.79 Å². The summed E-state index contributed by atoms with van der Waals surface area (Å²) in [5, 5.41) is 11.8. The summed E-state index contributed by atoms with van der Waals surface area (Å²) in [7, 11) is 0. The normalized spacial score (nSPS) is 12.4. The second-order valence-corrected chi connectivity index (χ2v) is 7.04. The Bertz CT molecular complexity index is 503. The lowest BCUT2D eigenvalue weighted by atomic mass is 9.99. The predicted octanol–water partition coefficient (Wildman–Crippen LogP) is 4.34. The first-order valence-electron chi connectivity index (χ1n) is 6.59. The van der Waals surface area contributed by atoms with E-state index in [0.717, 1.165) is 11.3 Å². The van der Waals surface area contributed by atoms with Gasteiger partial charge in [0.2, 0.25) is 0 Å². The van der Waals surface area contributed by atoms with Crippen molar-refractivity contribution in [2.75, 3.05) is 6.61 Å². The molecule has 0 aliphatic carbocycles. The molecule has 0 saturated heterocycles. The second kappa shape index (κ2) is 7.32. The monoisotopic (exact) mass is 294 g/mol. The first kappa shape index (κ1) is 16.5. The first-order chi connectivity index (χ1) is 9.31. The van der Waals surface area contributed by atoms with Crippen molar-refractivity contribution < 1.29 is 14.6 Å². The highest BCUT2D eigenvalue weighted by Gasteiger charge is 2.14. The van der Waals surface area contributed by atoms with Crippen molar-refractivity contribution in [3.05, 3.63) is 29.8 Å². The molecule has 0 aromatic heterocycles. The van der Waals surface area contributed by atoms with Crippen LogP contribution in [0.15, 0.2) is 24.3 Å². The van der Waals surface area contributed by atoms with E-state index in [-0.39, 0.29) is 17.1 Å². The molecule has 0 radical (unpaired) electrons. The van der Waals surface area contributed by atoms with Crippen molar-refractivity contribution in [3.63, 3.8) is 0 Å². The minimum Gasteiger partial charge on any atom is -0.493 e. The molecular weight excluding hydrogens is 272 g/mol. The van der Waals surface area contributed by atoms with Crippen molar-refractivity contribution in [1.82, 2.24) is 0 Å². The van der Waals surface area contributed by atoms with Gasteiger partial charge in [0.05, 0.1) is 18.3 Å². The van der Waals surface area contributed by atoms with Crippen molar-refractivity contribution in [1.29, 1.82) is 0 Å². The lowest BCUT2D eigenvalue weighted by Gasteiger charge is -2.19. The highest BCUT2D eigenvalue weighted by molar-refractivity contribution is 7.88. The van der Waals surface area contributed by atoms with Crippen molar-refractivity contribution in [3.8, 4) is 10.9 Å². The van der Waals surface area contributed by atoms with Crippen molar-refractivity contribution in [2.45, 2.75) is 39.4 Å². The molecule has 1 rings (SSSR count). The van der Waals surface area contributed by atoms with Gasteiger partial charge in [-0.3, -0.25) is 4.79 Å². The number of aliphatic carboxylic acids is 1. The molecular formula is C16H22O3S. The van der Waals surface area contributed by atoms with Gasteiger partial charge < -0.3 is 9.84 Å². The summed E-state index contributed by atoms with van der Waals surface area (Å²) in [5.41, 5.74) is 1.10. The average Bonchev–Trinajstić information content (AvgIpc) is 2.35. The molecule has 1 aromatic carbocycles. The second-order valence-electron chi connectivity index (χ2n) is 5.83. The Kier molecular flexibility index (Phi) is 6.05. The minimum absolute atomic E-state index is 0.0910. The van der Waals surface area contributed by atoms with Crippen LogP contribution in [0.4, 0.5) is 0 Å². The van der Waals surface area contributed by atoms with Crippen LogP contribution in [0.1, 0.15) is 44.9 Å². The van der Waals surface area contributed by atoms with E-state index in [1.165, 1.54) is 11.2 Å². The molecule has 110 valence electrons. The quantitative estimate of drug-likeness (QED) is 0.878. The molecule has 1 aromatic rings. The van der Waals surface area contributed by atoms with Crippen molar-refractivity contribution in [2.24, 2.45) is 5.41 Å². The van der Waals surface area contributed by atoms with Crippen LogP contribution in [0.2, 0.25) is 0 Å². The van der Waals surface area contributed by atoms with Gasteiger partial charge in [0.25, 0.3) is 0 Å². The fourth-order valence-corrected chi connectivity index (χ4v) is 2.41. The van der Waals surface area contributed by atoms with Gasteiger partial charge in [-0.15, -0.1) is 11.2 Å². The Labute approximate surface area is 124 Å². The zero-order chi connectivity index (χ0) is 15.2. The highest BCUT2D eigenvalue weighted by atomic mass is 32.1. The van der Waals surface area contributed by atoms with E-state index < -0.39 is 5.97 Å². The van der Waals surface area contributed by atoms with Gasteiger partial charge in [-0.1, -0.05) is 38.1 Å². The summed E-state index contributed by atoms with van der Waals surface area (Å²) in [5.74, 6) is 0.0121. The lowest BCUT2D eigenvalue weighted by molar-refractivity contribution is -0.137. The first-order valence-corrected chi connectivity index (χ1v) is 7.47. The Morgan fingerprint density at radius 2 is 1.95 bits per heavy atom. The van der Waals surface area contributed by atoms with Crippen LogP contribution in [-0.4, -0.2) is 17.7 Å². The van der Waals surface area contributed by atoms with Crippen molar-refractivity contribution >= 4 is 17.1 Å². The van der Waals surface area contributed by atoms with Gasteiger partial charge in [-0.05, 0) is 30.0 Å². The van der Waals surface area contributed by atoms with E-state index in [1.807, 2.05) is 24.3 Å². The predicted molar refractivity (Wildman–Crippen MR) is 83.5 cm³/mol. The van der Waals surface area contributed by atoms with Crippen LogP contribution < -0.4 is 4.74 Å². The van der Waals surface area contributed by atoms with Crippen LogP contribution in [0.25, 0.3) is 0 Å². The van der Waals surface area contributed by atoms with Crippen LogP contribution >= 0.6 is 11.2 Å². The summed E-state index contributed by atoms with van der Waals surface area (Å²) in [4.78, 5) is 10.9. The zero-order valence-corrected chi connectivity index (χ0v) is 13.3. The lowest BCUT2D eigenvalue weighted by Crippen LogP contribution is -2.16. The van der Waals surface area contributed by atoms with Crippen LogP contribution in [0.3, 0.4) is 0 Å². The summed E-state index contributed by atoms with van der Waals surface area (Å²) >= 11 is 1.41. The maximum atomic E-state index is 10.9. The number of benzene rings is 1. The van der Waals surface area contributed by atoms with Crippen LogP contribution in [0.5, 0.6) is 5.75 Å². The number of carboxylic acid groups (broad SMARTS) is 1. The Morgan fingerprint density at radius 3 is 2.40 bits per heavy atom. The topological polar surface area (TPSA) is 46.5 Å². The maximum Gasteiger partial charge on any atom is 0.305 e.